The number of benzene rings is 2. The van der Waals surface area contributed by atoms with Gasteiger partial charge in [-0.25, -0.2) is 4.79 Å². The summed E-state index contributed by atoms with van der Waals surface area (Å²) in [6.07, 6.45) is -0.475. The van der Waals surface area contributed by atoms with E-state index in [2.05, 4.69) is 57.9 Å². The fraction of sp³-hybridized carbons (Fsp3) is 0.360. The molecule has 0 aliphatic carbocycles. The van der Waals surface area contributed by atoms with E-state index in [1.54, 1.807) is 6.92 Å². The Bertz CT molecular complexity index is 1150. The van der Waals surface area contributed by atoms with E-state index in [0.717, 1.165) is 54.9 Å². The van der Waals surface area contributed by atoms with Crippen LogP contribution in [-0.4, -0.2) is 55.4 Å². The van der Waals surface area contributed by atoms with Gasteiger partial charge in [0.05, 0.1) is 23.4 Å². The summed E-state index contributed by atoms with van der Waals surface area (Å²) in [5.74, 6) is 0. The van der Waals surface area contributed by atoms with Gasteiger partial charge in [-0.05, 0) is 56.8 Å². The lowest BCUT2D eigenvalue weighted by Gasteiger charge is -2.34. The molecule has 0 unspecified atom stereocenters. The molecule has 7 nitrogen and oxygen atoms in total. The first-order valence-electron chi connectivity index (χ1n) is 11.1. The zero-order valence-corrected chi connectivity index (χ0v) is 18.9. The molecule has 2 aromatic carbocycles. The molecule has 1 saturated heterocycles. The summed E-state index contributed by atoms with van der Waals surface area (Å²) >= 11 is 0. The van der Waals surface area contributed by atoms with Crippen molar-refractivity contribution in [3.63, 3.8) is 0 Å². The van der Waals surface area contributed by atoms with Gasteiger partial charge in [0.1, 0.15) is 6.07 Å². The number of aromatic nitrogens is 1. The Morgan fingerprint density at radius 2 is 1.81 bits per heavy atom. The molecular formula is C25H29N5O2. The van der Waals surface area contributed by atoms with Crippen molar-refractivity contribution in [1.82, 2.24) is 9.47 Å². The molecule has 1 amide bonds. The van der Waals surface area contributed by atoms with Gasteiger partial charge in [0.25, 0.3) is 0 Å². The van der Waals surface area contributed by atoms with Gasteiger partial charge in [-0.3, -0.25) is 5.32 Å². The van der Waals surface area contributed by atoms with E-state index in [1.807, 2.05) is 24.3 Å². The van der Waals surface area contributed by atoms with Gasteiger partial charge in [0.2, 0.25) is 0 Å². The summed E-state index contributed by atoms with van der Waals surface area (Å²) in [5.41, 5.74) is 5.45. The minimum Gasteiger partial charge on any atom is -0.450 e. The molecule has 0 saturated carbocycles. The smallest absolute Gasteiger partial charge is 0.411 e. The van der Waals surface area contributed by atoms with Gasteiger partial charge in [0, 0.05) is 49.5 Å². The van der Waals surface area contributed by atoms with Gasteiger partial charge >= 0.3 is 6.09 Å². The number of fused-ring (bicyclic) bond motifs is 1. The second-order valence-electron chi connectivity index (χ2n) is 7.99. The number of nitriles is 1. The summed E-state index contributed by atoms with van der Waals surface area (Å²) < 4.78 is 7.15. The quantitative estimate of drug-likeness (QED) is 0.643. The van der Waals surface area contributed by atoms with Gasteiger partial charge in [-0.15, -0.1) is 0 Å². The number of hydrogen-bond donors (Lipinski definition) is 1. The number of anilines is 2. The topological polar surface area (TPSA) is 73.5 Å². The SMILES string of the molecule is CCOC(=O)Nc1ccc(-c2c(C#N)c3ccc(N4CCN(C)CC4)cc3n2CC)cc1. The number of aryl methyl sites for hydroxylation is 1. The molecule has 1 aliphatic heterocycles. The summed E-state index contributed by atoms with van der Waals surface area (Å²) in [5, 5.41) is 13.7. The van der Waals surface area contributed by atoms with Crippen LogP contribution in [0.4, 0.5) is 16.2 Å². The molecule has 32 heavy (non-hydrogen) atoms. The van der Waals surface area contributed by atoms with Crippen LogP contribution in [0.25, 0.3) is 22.2 Å². The number of ether oxygens (including phenoxy) is 1. The highest BCUT2D eigenvalue weighted by Crippen LogP contribution is 2.36. The molecule has 0 atom stereocenters. The first-order valence-corrected chi connectivity index (χ1v) is 11.1. The number of piperazine rings is 1. The molecule has 0 bridgehead atoms. The van der Waals surface area contributed by atoms with Crippen LogP contribution in [-0.2, 0) is 11.3 Å². The van der Waals surface area contributed by atoms with Crippen LogP contribution >= 0.6 is 0 Å². The monoisotopic (exact) mass is 431 g/mol. The molecule has 7 heteroatoms. The van der Waals surface area contributed by atoms with Crippen LogP contribution in [0.1, 0.15) is 19.4 Å². The Labute approximate surface area is 188 Å². The summed E-state index contributed by atoms with van der Waals surface area (Å²) in [4.78, 5) is 16.4. The fourth-order valence-electron chi connectivity index (χ4n) is 4.34. The van der Waals surface area contributed by atoms with Crippen LogP contribution in [0.3, 0.4) is 0 Å². The predicted octanol–water partition coefficient (Wildman–Crippen LogP) is 4.52. The van der Waals surface area contributed by atoms with E-state index in [4.69, 9.17) is 4.74 Å². The Morgan fingerprint density at radius 1 is 1.09 bits per heavy atom. The molecule has 166 valence electrons. The van der Waals surface area contributed by atoms with Gasteiger partial charge < -0.3 is 19.1 Å². The maximum absolute atomic E-state index is 11.7. The Morgan fingerprint density at radius 3 is 2.44 bits per heavy atom. The lowest BCUT2D eigenvalue weighted by molar-refractivity contribution is 0.168. The number of rotatable bonds is 5. The van der Waals surface area contributed by atoms with E-state index in [-0.39, 0.29) is 0 Å². The van der Waals surface area contributed by atoms with E-state index in [9.17, 15) is 10.1 Å². The highest BCUT2D eigenvalue weighted by molar-refractivity contribution is 5.96. The van der Waals surface area contributed by atoms with E-state index in [1.165, 1.54) is 5.69 Å². The summed E-state index contributed by atoms with van der Waals surface area (Å²) in [6, 6.07) is 16.4. The number of nitrogens with zero attached hydrogens (tertiary/aromatic N) is 4. The molecule has 3 aromatic rings. The largest absolute Gasteiger partial charge is 0.450 e. The zero-order chi connectivity index (χ0) is 22.7. The van der Waals surface area contributed by atoms with Gasteiger partial charge in [-0.2, -0.15) is 5.26 Å². The summed E-state index contributed by atoms with van der Waals surface area (Å²) in [6.45, 7) is 9.05. The standard InChI is InChI=1S/C25H29N5O2/c1-4-30-23-16-20(29-14-12-28(3)13-15-29)10-11-21(23)22(17-26)24(30)18-6-8-19(9-7-18)27-25(31)32-5-2/h6-11,16H,4-5,12-15H2,1-3H3,(H,27,31). The minimum atomic E-state index is -0.475. The van der Waals surface area contributed by atoms with Crippen molar-refractivity contribution in [2.45, 2.75) is 20.4 Å². The molecule has 2 heterocycles. The van der Waals surface area contributed by atoms with Crippen molar-refractivity contribution in [1.29, 1.82) is 5.26 Å². The van der Waals surface area contributed by atoms with E-state index >= 15 is 0 Å². The third-order valence-electron chi connectivity index (χ3n) is 6.02. The second-order valence-corrected chi connectivity index (χ2v) is 7.99. The first kappa shape index (κ1) is 21.7. The van der Waals surface area contributed by atoms with Gasteiger partial charge in [0.15, 0.2) is 0 Å². The number of amides is 1. The van der Waals surface area contributed by atoms with Crippen molar-refractivity contribution in [3.05, 3.63) is 48.0 Å². The second kappa shape index (κ2) is 9.33. The normalized spacial score (nSPS) is 14.4. The predicted molar refractivity (Wildman–Crippen MR) is 128 cm³/mol. The van der Waals surface area contributed by atoms with Crippen LogP contribution in [0.2, 0.25) is 0 Å². The zero-order valence-electron chi connectivity index (χ0n) is 18.9. The molecule has 1 aromatic heterocycles. The first-order chi connectivity index (χ1) is 15.5. The van der Waals surface area contributed by atoms with Crippen LogP contribution in [0.15, 0.2) is 42.5 Å². The summed E-state index contributed by atoms with van der Waals surface area (Å²) in [7, 11) is 2.15. The third-order valence-corrected chi connectivity index (χ3v) is 6.02. The molecule has 4 rings (SSSR count). The molecule has 0 radical (unpaired) electrons. The highest BCUT2D eigenvalue weighted by atomic mass is 16.5. The van der Waals surface area contributed by atoms with Crippen molar-refractivity contribution in [2.24, 2.45) is 0 Å². The molecular weight excluding hydrogens is 402 g/mol. The molecule has 1 aliphatic rings. The minimum absolute atomic E-state index is 0.322. The number of nitrogens with one attached hydrogen (secondary N) is 1. The maximum Gasteiger partial charge on any atom is 0.411 e. The number of hydrogen-bond acceptors (Lipinski definition) is 5. The van der Waals surface area contributed by atoms with Crippen molar-refractivity contribution >= 4 is 28.4 Å². The van der Waals surface area contributed by atoms with Crippen molar-refractivity contribution in [2.75, 3.05) is 50.1 Å². The van der Waals surface area contributed by atoms with Crippen molar-refractivity contribution in [3.8, 4) is 17.3 Å². The third kappa shape index (κ3) is 4.14. The van der Waals surface area contributed by atoms with Crippen LogP contribution < -0.4 is 10.2 Å². The number of carbonyl (C=O) groups is 1. The number of likely N-dealkylation sites (N-methyl/N-ethyl adjacent to an activating group) is 1. The molecule has 0 spiro atoms. The fourth-order valence-corrected chi connectivity index (χ4v) is 4.34. The van der Waals surface area contributed by atoms with E-state index in [0.29, 0.717) is 17.9 Å². The Kier molecular flexibility index (Phi) is 6.33. The van der Waals surface area contributed by atoms with Crippen LogP contribution in [0, 0.1) is 11.3 Å². The number of carbonyl (C=O) groups excluding carboxylic acids is 1. The Hall–Kier alpha value is -3.50. The highest BCUT2D eigenvalue weighted by Gasteiger charge is 2.20. The lowest BCUT2D eigenvalue weighted by Crippen LogP contribution is -2.44. The van der Waals surface area contributed by atoms with Crippen molar-refractivity contribution < 1.29 is 9.53 Å². The van der Waals surface area contributed by atoms with Crippen LogP contribution in [0.5, 0.6) is 0 Å². The lowest BCUT2D eigenvalue weighted by atomic mass is 10.1. The average molecular weight is 432 g/mol. The molecule has 1 fully saturated rings. The van der Waals surface area contributed by atoms with E-state index < -0.39 is 6.09 Å². The molecule has 1 N–H and O–H groups in total. The average Bonchev–Trinajstić information content (AvgIpc) is 3.13. The maximum atomic E-state index is 11.7. The Balaban J connectivity index is 1.72. The van der Waals surface area contributed by atoms with Gasteiger partial charge in [-0.1, -0.05) is 12.1 Å².